The number of carboxylic acids is 1. The summed E-state index contributed by atoms with van der Waals surface area (Å²) in [7, 11) is 0. The average molecular weight is 280 g/mol. The van der Waals surface area contributed by atoms with E-state index in [1.165, 1.54) is 6.07 Å². The van der Waals surface area contributed by atoms with Crippen LogP contribution in [0.3, 0.4) is 0 Å². The number of amides is 1. The summed E-state index contributed by atoms with van der Waals surface area (Å²) in [6.07, 6.45) is 0.946. The molecule has 1 saturated heterocycles. The number of likely N-dealkylation sites (tertiary alicyclic amines) is 1. The van der Waals surface area contributed by atoms with Crippen LogP contribution < -0.4 is 5.32 Å². The normalized spacial score (nSPS) is 15.9. The highest BCUT2D eigenvalue weighted by Gasteiger charge is 2.26. The van der Waals surface area contributed by atoms with Crippen molar-refractivity contribution in [1.29, 1.82) is 0 Å². The number of carbonyl (C=O) groups excluding carboxylic acids is 1. The number of halogens is 1. The molecule has 5 nitrogen and oxygen atoms in total. The first-order valence-corrected chi connectivity index (χ1v) is 6.57. The van der Waals surface area contributed by atoms with E-state index in [0.29, 0.717) is 31.6 Å². The number of nitrogens with one attached hydrogen (secondary N) is 1. The summed E-state index contributed by atoms with van der Waals surface area (Å²) in [5.74, 6) is -1.71. The first-order chi connectivity index (χ1) is 9.58. The van der Waals surface area contributed by atoms with Crippen LogP contribution in [0.4, 0.5) is 10.1 Å². The van der Waals surface area contributed by atoms with Crippen molar-refractivity contribution in [3.05, 3.63) is 30.1 Å². The summed E-state index contributed by atoms with van der Waals surface area (Å²) in [6, 6.07) is 6.16. The highest BCUT2D eigenvalue weighted by atomic mass is 19.1. The molecule has 20 heavy (non-hydrogen) atoms. The van der Waals surface area contributed by atoms with Crippen molar-refractivity contribution < 1.29 is 19.1 Å². The zero-order valence-electron chi connectivity index (χ0n) is 11.0. The van der Waals surface area contributed by atoms with Gasteiger partial charge in [0.1, 0.15) is 5.82 Å². The number of anilines is 1. The van der Waals surface area contributed by atoms with Crippen molar-refractivity contribution >= 4 is 17.6 Å². The molecule has 2 N–H and O–H groups in total. The maximum Gasteiger partial charge on any atom is 0.306 e. The molecule has 1 heterocycles. The molecule has 2 rings (SSSR count). The summed E-state index contributed by atoms with van der Waals surface area (Å²) < 4.78 is 13.4. The lowest BCUT2D eigenvalue weighted by Gasteiger charge is -2.30. The number of piperidine rings is 1. The van der Waals surface area contributed by atoms with Crippen molar-refractivity contribution in [3.8, 4) is 0 Å². The number of benzene rings is 1. The van der Waals surface area contributed by atoms with Crippen molar-refractivity contribution in [3.63, 3.8) is 0 Å². The summed E-state index contributed by atoms with van der Waals surface area (Å²) in [4.78, 5) is 24.4. The van der Waals surface area contributed by atoms with Crippen LogP contribution in [0.25, 0.3) is 0 Å². The number of nitrogens with zero attached hydrogens (tertiary/aromatic N) is 1. The average Bonchev–Trinajstić information content (AvgIpc) is 2.46. The third-order valence-corrected chi connectivity index (χ3v) is 3.50. The van der Waals surface area contributed by atoms with Gasteiger partial charge in [-0.15, -0.1) is 0 Å². The minimum Gasteiger partial charge on any atom is -0.481 e. The fraction of sp³-hybridized carbons (Fsp3) is 0.429. The summed E-state index contributed by atoms with van der Waals surface area (Å²) >= 11 is 0. The fourth-order valence-electron chi connectivity index (χ4n) is 2.26. The topological polar surface area (TPSA) is 69.6 Å². The number of para-hydroxylation sites is 1. The van der Waals surface area contributed by atoms with Crippen LogP contribution in [0.15, 0.2) is 24.3 Å². The lowest BCUT2D eigenvalue weighted by molar-refractivity contribution is -0.145. The van der Waals surface area contributed by atoms with Gasteiger partial charge in [-0.05, 0) is 25.0 Å². The smallest absolute Gasteiger partial charge is 0.306 e. The van der Waals surface area contributed by atoms with Gasteiger partial charge in [0, 0.05) is 13.1 Å². The number of rotatable bonds is 4. The molecular formula is C14H17FN2O3. The molecule has 108 valence electrons. The van der Waals surface area contributed by atoms with Gasteiger partial charge in [0.15, 0.2) is 0 Å². The molecule has 0 aliphatic carbocycles. The van der Waals surface area contributed by atoms with Gasteiger partial charge in [-0.2, -0.15) is 0 Å². The van der Waals surface area contributed by atoms with Crippen LogP contribution in [-0.4, -0.2) is 41.5 Å². The zero-order valence-corrected chi connectivity index (χ0v) is 11.0. The van der Waals surface area contributed by atoms with Gasteiger partial charge in [-0.3, -0.25) is 9.59 Å². The third kappa shape index (κ3) is 3.46. The van der Waals surface area contributed by atoms with Gasteiger partial charge in [0.05, 0.1) is 18.2 Å². The molecule has 0 atom stereocenters. The van der Waals surface area contributed by atoms with E-state index >= 15 is 0 Å². The van der Waals surface area contributed by atoms with Crippen molar-refractivity contribution in [2.45, 2.75) is 12.8 Å². The van der Waals surface area contributed by atoms with Crippen molar-refractivity contribution in [2.24, 2.45) is 5.92 Å². The first-order valence-electron chi connectivity index (χ1n) is 6.57. The standard InChI is InChI=1S/C14H17FN2O3/c15-11-3-1-2-4-12(11)16-9-13(18)17-7-5-10(6-8-17)14(19)20/h1-4,10,16H,5-9H2,(H,19,20). The number of carboxylic acid groups (broad SMARTS) is 1. The molecule has 1 fully saturated rings. The second kappa shape index (κ2) is 6.36. The lowest BCUT2D eigenvalue weighted by atomic mass is 9.97. The van der Waals surface area contributed by atoms with Gasteiger partial charge in [0.25, 0.3) is 0 Å². The highest BCUT2D eigenvalue weighted by molar-refractivity contribution is 5.81. The van der Waals surface area contributed by atoms with Gasteiger partial charge in [0.2, 0.25) is 5.91 Å². The van der Waals surface area contributed by atoms with Gasteiger partial charge >= 0.3 is 5.97 Å². The molecule has 1 aromatic carbocycles. The Kier molecular flexibility index (Phi) is 4.55. The molecule has 1 aromatic rings. The van der Waals surface area contributed by atoms with Crippen LogP contribution in [0.2, 0.25) is 0 Å². The Hall–Kier alpha value is -2.11. The van der Waals surface area contributed by atoms with E-state index in [-0.39, 0.29) is 18.4 Å². The van der Waals surface area contributed by atoms with E-state index in [4.69, 9.17) is 5.11 Å². The summed E-state index contributed by atoms with van der Waals surface area (Å²) in [6.45, 7) is 0.891. The number of hydrogen-bond acceptors (Lipinski definition) is 3. The Morgan fingerprint density at radius 3 is 2.55 bits per heavy atom. The van der Waals surface area contributed by atoms with E-state index in [1.807, 2.05) is 0 Å². The van der Waals surface area contributed by atoms with Crippen LogP contribution in [0.1, 0.15) is 12.8 Å². The van der Waals surface area contributed by atoms with Crippen LogP contribution >= 0.6 is 0 Å². The van der Waals surface area contributed by atoms with Crippen molar-refractivity contribution in [2.75, 3.05) is 25.0 Å². The minimum absolute atomic E-state index is 0.0126. The zero-order chi connectivity index (χ0) is 14.5. The third-order valence-electron chi connectivity index (χ3n) is 3.50. The van der Waals surface area contributed by atoms with Gasteiger partial charge in [-0.25, -0.2) is 4.39 Å². The molecule has 0 unspecified atom stereocenters. The molecule has 0 aromatic heterocycles. The number of hydrogen-bond donors (Lipinski definition) is 2. The SMILES string of the molecule is O=C(O)C1CCN(C(=O)CNc2ccccc2F)CC1. The molecular weight excluding hydrogens is 263 g/mol. The molecule has 0 spiro atoms. The minimum atomic E-state index is -0.804. The van der Waals surface area contributed by atoms with E-state index in [1.54, 1.807) is 23.1 Å². The second-order valence-electron chi connectivity index (χ2n) is 4.83. The summed E-state index contributed by atoms with van der Waals surface area (Å²) in [5.41, 5.74) is 0.293. The molecule has 6 heteroatoms. The Balaban J connectivity index is 1.82. The Bertz CT molecular complexity index is 499. The molecule has 1 aliphatic heterocycles. The first kappa shape index (κ1) is 14.3. The largest absolute Gasteiger partial charge is 0.481 e. The van der Waals surface area contributed by atoms with Crippen molar-refractivity contribution in [1.82, 2.24) is 4.90 Å². The van der Waals surface area contributed by atoms with Crippen LogP contribution in [0, 0.1) is 11.7 Å². The predicted molar refractivity (Wildman–Crippen MR) is 71.8 cm³/mol. The van der Waals surface area contributed by atoms with Crippen LogP contribution in [-0.2, 0) is 9.59 Å². The highest BCUT2D eigenvalue weighted by Crippen LogP contribution is 2.18. The summed E-state index contributed by atoms with van der Waals surface area (Å²) in [5, 5.41) is 11.6. The molecule has 0 saturated carbocycles. The van der Waals surface area contributed by atoms with E-state index in [2.05, 4.69) is 5.32 Å². The Morgan fingerprint density at radius 1 is 1.30 bits per heavy atom. The predicted octanol–water partition coefficient (Wildman–Crippen LogP) is 1.56. The molecule has 0 bridgehead atoms. The quantitative estimate of drug-likeness (QED) is 0.878. The van der Waals surface area contributed by atoms with Gasteiger partial charge < -0.3 is 15.3 Å². The lowest BCUT2D eigenvalue weighted by Crippen LogP contribution is -2.42. The number of carbonyl (C=O) groups is 2. The fourth-order valence-corrected chi connectivity index (χ4v) is 2.26. The van der Waals surface area contributed by atoms with Gasteiger partial charge in [-0.1, -0.05) is 12.1 Å². The second-order valence-corrected chi connectivity index (χ2v) is 4.83. The molecule has 1 amide bonds. The Labute approximate surface area is 116 Å². The van der Waals surface area contributed by atoms with Crippen LogP contribution in [0.5, 0.6) is 0 Å². The van der Waals surface area contributed by atoms with E-state index in [9.17, 15) is 14.0 Å². The van der Waals surface area contributed by atoms with E-state index in [0.717, 1.165) is 0 Å². The maximum absolute atomic E-state index is 13.4. The van der Waals surface area contributed by atoms with E-state index < -0.39 is 11.8 Å². The maximum atomic E-state index is 13.4. The monoisotopic (exact) mass is 280 g/mol. The molecule has 0 radical (unpaired) electrons. The Morgan fingerprint density at radius 2 is 1.95 bits per heavy atom. The molecule has 1 aliphatic rings. The number of aliphatic carboxylic acids is 1.